The molecule has 3 heterocycles. The van der Waals surface area contributed by atoms with Gasteiger partial charge in [0.25, 0.3) is 0 Å². The van der Waals surface area contributed by atoms with Crippen molar-refractivity contribution in [2.75, 3.05) is 56.3 Å². The highest BCUT2D eigenvalue weighted by Gasteiger charge is 2.23. The molecule has 2 amide bonds. The van der Waals surface area contributed by atoms with E-state index in [4.69, 9.17) is 9.47 Å². The fourth-order valence-corrected chi connectivity index (χ4v) is 4.81. The van der Waals surface area contributed by atoms with Gasteiger partial charge in [-0.2, -0.15) is 0 Å². The van der Waals surface area contributed by atoms with E-state index in [0.717, 1.165) is 49.0 Å². The molecule has 0 aliphatic carbocycles. The molecule has 1 aromatic heterocycles. The van der Waals surface area contributed by atoms with Crippen molar-refractivity contribution in [2.24, 2.45) is 0 Å². The summed E-state index contributed by atoms with van der Waals surface area (Å²) < 4.78 is 11.0. The third-order valence-electron chi connectivity index (χ3n) is 6.81. The third kappa shape index (κ3) is 6.41. The number of aromatic nitrogens is 1. The molecule has 38 heavy (non-hydrogen) atoms. The number of benzene rings is 2. The standard InChI is InChI=1S/C29H33N5O4/c1-37-27-7-3-5-23(15-27)19-33(18-22-4-2-6-25(14-22)32-10-12-38-13-11-32)26-8-9-30-24(16-26)20-34-21-28(35)31-17-29(34)36/h2-9,14-16H,10-13,17-21H2,1H3,(H,31,35). The number of morpholine rings is 1. The number of amides is 2. The van der Waals surface area contributed by atoms with Gasteiger partial charge >= 0.3 is 0 Å². The summed E-state index contributed by atoms with van der Waals surface area (Å²) in [6, 6.07) is 20.7. The van der Waals surface area contributed by atoms with Gasteiger partial charge in [-0.25, -0.2) is 0 Å². The topological polar surface area (TPSA) is 87.2 Å². The predicted octanol–water partition coefficient (Wildman–Crippen LogP) is 2.59. The zero-order valence-corrected chi connectivity index (χ0v) is 21.6. The minimum Gasteiger partial charge on any atom is -0.497 e. The number of carbonyl (C=O) groups is 2. The lowest BCUT2D eigenvalue weighted by atomic mass is 10.1. The summed E-state index contributed by atoms with van der Waals surface area (Å²) in [5.74, 6) is 0.555. The maximum atomic E-state index is 12.3. The molecule has 0 radical (unpaired) electrons. The van der Waals surface area contributed by atoms with Gasteiger partial charge in [0, 0.05) is 43.8 Å². The summed E-state index contributed by atoms with van der Waals surface area (Å²) in [4.78, 5) is 34.8. The molecule has 0 spiro atoms. The number of ether oxygens (including phenoxy) is 2. The van der Waals surface area contributed by atoms with E-state index in [1.807, 2.05) is 30.3 Å². The van der Waals surface area contributed by atoms with Gasteiger partial charge in [-0.1, -0.05) is 24.3 Å². The Balaban J connectivity index is 1.41. The van der Waals surface area contributed by atoms with Crippen molar-refractivity contribution in [2.45, 2.75) is 19.6 Å². The molecule has 0 bridgehead atoms. The summed E-state index contributed by atoms with van der Waals surface area (Å²) in [7, 11) is 1.67. The smallest absolute Gasteiger partial charge is 0.242 e. The number of anilines is 2. The average molecular weight is 516 g/mol. The van der Waals surface area contributed by atoms with E-state index in [0.29, 0.717) is 19.6 Å². The molecule has 9 nitrogen and oxygen atoms in total. The molecular formula is C29H33N5O4. The summed E-state index contributed by atoms with van der Waals surface area (Å²) in [5, 5.41) is 2.59. The molecule has 2 aromatic carbocycles. The fraction of sp³-hybridized carbons (Fsp3) is 0.345. The quantitative estimate of drug-likeness (QED) is 0.469. The maximum absolute atomic E-state index is 12.3. The van der Waals surface area contributed by atoms with Gasteiger partial charge in [-0.05, 0) is 47.5 Å². The number of rotatable bonds is 9. The van der Waals surface area contributed by atoms with Crippen LogP contribution in [0.15, 0.2) is 66.9 Å². The number of hydrogen-bond acceptors (Lipinski definition) is 7. The van der Waals surface area contributed by atoms with Crippen LogP contribution >= 0.6 is 0 Å². The second kappa shape index (κ2) is 12.0. The van der Waals surface area contributed by atoms with E-state index in [9.17, 15) is 9.59 Å². The number of piperazine rings is 1. The number of methoxy groups -OCH3 is 1. The normalized spacial score (nSPS) is 15.8. The van der Waals surface area contributed by atoms with Gasteiger partial charge in [-0.3, -0.25) is 14.6 Å². The first-order valence-corrected chi connectivity index (χ1v) is 12.9. The van der Waals surface area contributed by atoms with Crippen LogP contribution in [0.1, 0.15) is 16.8 Å². The average Bonchev–Trinajstić information content (AvgIpc) is 2.95. The highest BCUT2D eigenvalue weighted by atomic mass is 16.5. The highest BCUT2D eigenvalue weighted by molar-refractivity contribution is 5.92. The molecule has 198 valence electrons. The van der Waals surface area contributed by atoms with E-state index in [1.54, 1.807) is 18.2 Å². The van der Waals surface area contributed by atoms with Crippen molar-refractivity contribution in [3.8, 4) is 5.75 Å². The third-order valence-corrected chi connectivity index (χ3v) is 6.81. The zero-order valence-electron chi connectivity index (χ0n) is 21.6. The van der Waals surface area contributed by atoms with Crippen molar-refractivity contribution in [3.05, 3.63) is 83.7 Å². The van der Waals surface area contributed by atoms with E-state index < -0.39 is 0 Å². The molecule has 2 saturated heterocycles. The second-order valence-corrected chi connectivity index (χ2v) is 9.51. The van der Waals surface area contributed by atoms with Gasteiger partial charge < -0.3 is 29.5 Å². The number of hydrogen-bond donors (Lipinski definition) is 1. The van der Waals surface area contributed by atoms with Gasteiger partial charge in [-0.15, -0.1) is 0 Å². The molecule has 2 aliphatic rings. The monoisotopic (exact) mass is 515 g/mol. The minimum absolute atomic E-state index is 0.0278. The zero-order chi connectivity index (χ0) is 26.3. The first kappa shape index (κ1) is 25.5. The number of pyridine rings is 1. The van der Waals surface area contributed by atoms with E-state index in [-0.39, 0.29) is 24.9 Å². The number of nitrogens with zero attached hydrogens (tertiary/aromatic N) is 4. The molecule has 0 atom stereocenters. The molecule has 0 saturated carbocycles. The van der Waals surface area contributed by atoms with Crippen LogP contribution in [0.5, 0.6) is 5.75 Å². The first-order chi connectivity index (χ1) is 18.6. The van der Waals surface area contributed by atoms with Crippen LogP contribution in [0, 0.1) is 0 Å². The van der Waals surface area contributed by atoms with E-state index >= 15 is 0 Å². The lowest BCUT2D eigenvalue weighted by molar-refractivity contribution is -0.141. The Labute approximate surface area is 223 Å². The Morgan fingerprint density at radius 3 is 2.55 bits per heavy atom. The fourth-order valence-electron chi connectivity index (χ4n) is 4.81. The van der Waals surface area contributed by atoms with Crippen LogP contribution < -0.4 is 19.9 Å². The Bertz CT molecular complexity index is 1280. The van der Waals surface area contributed by atoms with E-state index in [1.165, 1.54) is 11.3 Å². The van der Waals surface area contributed by atoms with Crippen molar-refractivity contribution in [1.29, 1.82) is 0 Å². The van der Waals surface area contributed by atoms with Crippen LogP contribution in [-0.4, -0.2) is 68.2 Å². The summed E-state index contributed by atoms with van der Waals surface area (Å²) >= 11 is 0. The highest BCUT2D eigenvalue weighted by Crippen LogP contribution is 2.25. The molecular weight excluding hydrogens is 482 g/mol. The van der Waals surface area contributed by atoms with Crippen molar-refractivity contribution in [1.82, 2.24) is 15.2 Å². The van der Waals surface area contributed by atoms with E-state index in [2.05, 4.69) is 50.4 Å². The first-order valence-electron chi connectivity index (χ1n) is 12.9. The van der Waals surface area contributed by atoms with Gasteiger partial charge in [0.15, 0.2) is 0 Å². The van der Waals surface area contributed by atoms with Gasteiger partial charge in [0.2, 0.25) is 11.8 Å². The van der Waals surface area contributed by atoms with Crippen LogP contribution in [0.2, 0.25) is 0 Å². The molecule has 5 rings (SSSR count). The van der Waals surface area contributed by atoms with Crippen LogP contribution in [0.4, 0.5) is 11.4 Å². The molecule has 3 aromatic rings. The predicted molar refractivity (Wildman–Crippen MR) is 145 cm³/mol. The van der Waals surface area contributed by atoms with Crippen molar-refractivity contribution < 1.29 is 19.1 Å². The number of nitrogens with one attached hydrogen (secondary N) is 1. The lowest BCUT2D eigenvalue weighted by Crippen LogP contribution is -2.51. The van der Waals surface area contributed by atoms with Crippen LogP contribution in [-0.2, 0) is 34.0 Å². The molecule has 0 unspecified atom stereocenters. The number of carbonyl (C=O) groups excluding carboxylic acids is 2. The summed E-state index contributed by atoms with van der Waals surface area (Å²) in [5.41, 5.74) is 5.24. The maximum Gasteiger partial charge on any atom is 0.242 e. The second-order valence-electron chi connectivity index (χ2n) is 9.51. The largest absolute Gasteiger partial charge is 0.497 e. The Morgan fingerprint density at radius 2 is 1.76 bits per heavy atom. The molecule has 2 fully saturated rings. The molecule has 9 heteroatoms. The van der Waals surface area contributed by atoms with Gasteiger partial charge in [0.1, 0.15) is 5.75 Å². The molecule has 2 aliphatic heterocycles. The minimum atomic E-state index is -0.152. The summed E-state index contributed by atoms with van der Waals surface area (Å²) in [6.45, 7) is 4.97. The lowest BCUT2D eigenvalue weighted by Gasteiger charge is -2.30. The Kier molecular flexibility index (Phi) is 8.04. The summed E-state index contributed by atoms with van der Waals surface area (Å²) in [6.07, 6.45) is 1.77. The van der Waals surface area contributed by atoms with Crippen molar-refractivity contribution >= 4 is 23.2 Å². The Hall–Kier alpha value is -4.11. The van der Waals surface area contributed by atoms with Gasteiger partial charge in [0.05, 0.1) is 45.7 Å². The van der Waals surface area contributed by atoms with Crippen molar-refractivity contribution in [3.63, 3.8) is 0 Å². The van der Waals surface area contributed by atoms with Crippen LogP contribution in [0.25, 0.3) is 0 Å². The van der Waals surface area contributed by atoms with Crippen LogP contribution in [0.3, 0.4) is 0 Å². The SMILES string of the molecule is COc1cccc(CN(Cc2cccc(N3CCOCC3)c2)c2ccnc(CN3CC(=O)NCC3=O)c2)c1. The molecule has 1 N–H and O–H groups in total. The Morgan fingerprint density at radius 1 is 1.00 bits per heavy atom.